The van der Waals surface area contributed by atoms with Crippen LogP contribution >= 0.6 is 11.6 Å². The third-order valence-corrected chi connectivity index (χ3v) is 3.85. The van der Waals surface area contributed by atoms with Gasteiger partial charge in [0.05, 0.1) is 4.92 Å². The largest absolute Gasteiger partial charge is 0.351 e. The molecule has 0 bridgehead atoms. The fourth-order valence-electron chi connectivity index (χ4n) is 1.39. The average Bonchev–Trinajstić information content (AvgIpc) is 2.35. The highest BCUT2D eigenvalue weighted by Gasteiger charge is 2.27. The Labute approximate surface area is 122 Å². The maximum atomic E-state index is 12.1. The van der Waals surface area contributed by atoms with Gasteiger partial charge in [-0.1, -0.05) is 39.3 Å². The molecule has 0 unspecified atom stereocenters. The summed E-state index contributed by atoms with van der Waals surface area (Å²) in [5.41, 5.74) is -0.648. The van der Waals surface area contributed by atoms with Crippen molar-refractivity contribution in [2.75, 3.05) is 6.54 Å². The van der Waals surface area contributed by atoms with Crippen molar-refractivity contribution in [3.63, 3.8) is 0 Å². The molecule has 0 radical (unpaired) electrons. The molecule has 6 nitrogen and oxygen atoms in total. The van der Waals surface area contributed by atoms with Gasteiger partial charge in [0, 0.05) is 12.7 Å². The monoisotopic (exact) mass is 299 g/mol. The standard InChI is InChI=1S/C13H18ClN3O3/c1-8(2)13(3,4)7-16-12(18)9-5-6-15-11(14)10(9)17(19)20/h5-6,8H,7H2,1-4H3,(H,16,18). The predicted octanol–water partition coefficient (Wildman–Crippen LogP) is 3.06. The summed E-state index contributed by atoms with van der Waals surface area (Å²) in [5.74, 6) is -0.159. The zero-order chi connectivity index (χ0) is 15.5. The number of rotatable bonds is 5. The van der Waals surface area contributed by atoms with Crippen molar-refractivity contribution in [3.8, 4) is 0 Å². The summed E-state index contributed by atoms with van der Waals surface area (Å²) < 4.78 is 0. The van der Waals surface area contributed by atoms with Gasteiger partial charge in [-0.05, 0) is 17.4 Å². The lowest BCUT2D eigenvalue weighted by molar-refractivity contribution is -0.385. The molecule has 0 aromatic carbocycles. The predicted molar refractivity (Wildman–Crippen MR) is 76.9 cm³/mol. The Morgan fingerprint density at radius 1 is 1.55 bits per heavy atom. The number of halogens is 1. The van der Waals surface area contributed by atoms with Gasteiger partial charge in [-0.2, -0.15) is 0 Å². The van der Waals surface area contributed by atoms with Crippen LogP contribution in [0.5, 0.6) is 0 Å². The van der Waals surface area contributed by atoms with E-state index in [1.165, 1.54) is 12.3 Å². The highest BCUT2D eigenvalue weighted by Crippen LogP contribution is 2.27. The van der Waals surface area contributed by atoms with Crippen LogP contribution in [0.25, 0.3) is 0 Å². The Kier molecular flexibility index (Phi) is 5.05. The molecule has 1 aromatic heterocycles. The molecule has 1 heterocycles. The second-order valence-electron chi connectivity index (χ2n) is 5.58. The Morgan fingerprint density at radius 3 is 2.65 bits per heavy atom. The van der Waals surface area contributed by atoms with Gasteiger partial charge in [0.25, 0.3) is 5.91 Å². The molecule has 1 N–H and O–H groups in total. The number of aromatic nitrogens is 1. The van der Waals surface area contributed by atoms with Crippen LogP contribution in [0.1, 0.15) is 38.1 Å². The van der Waals surface area contributed by atoms with Crippen molar-refractivity contribution < 1.29 is 9.72 Å². The van der Waals surface area contributed by atoms with E-state index in [4.69, 9.17) is 11.6 Å². The summed E-state index contributed by atoms with van der Waals surface area (Å²) in [6.45, 7) is 8.56. The second kappa shape index (κ2) is 6.17. The Bertz CT molecular complexity index is 530. The average molecular weight is 300 g/mol. The van der Waals surface area contributed by atoms with E-state index >= 15 is 0 Å². The number of carbonyl (C=O) groups is 1. The third-order valence-electron chi connectivity index (χ3n) is 3.57. The summed E-state index contributed by atoms with van der Waals surface area (Å²) in [7, 11) is 0. The molecule has 0 fully saturated rings. The Hall–Kier alpha value is -1.69. The van der Waals surface area contributed by atoms with Crippen LogP contribution in [0.4, 0.5) is 5.69 Å². The van der Waals surface area contributed by atoms with Crippen molar-refractivity contribution in [3.05, 3.63) is 33.1 Å². The van der Waals surface area contributed by atoms with E-state index in [9.17, 15) is 14.9 Å². The Morgan fingerprint density at radius 2 is 2.15 bits per heavy atom. The first-order chi connectivity index (χ1) is 9.16. The van der Waals surface area contributed by atoms with Gasteiger partial charge >= 0.3 is 5.69 Å². The summed E-state index contributed by atoms with van der Waals surface area (Å²) in [6.07, 6.45) is 1.28. The molecule has 1 rings (SSSR count). The quantitative estimate of drug-likeness (QED) is 0.514. The molecule has 0 atom stereocenters. The Balaban J connectivity index is 2.95. The van der Waals surface area contributed by atoms with Gasteiger partial charge in [-0.15, -0.1) is 0 Å². The van der Waals surface area contributed by atoms with Crippen LogP contribution in [0, 0.1) is 21.4 Å². The molecule has 0 spiro atoms. The summed E-state index contributed by atoms with van der Waals surface area (Å²) in [5, 5.41) is 13.4. The van der Waals surface area contributed by atoms with E-state index < -0.39 is 16.5 Å². The van der Waals surface area contributed by atoms with E-state index in [1.807, 2.05) is 13.8 Å². The lowest BCUT2D eigenvalue weighted by Crippen LogP contribution is -2.37. The highest BCUT2D eigenvalue weighted by atomic mass is 35.5. The van der Waals surface area contributed by atoms with Crippen molar-refractivity contribution in [1.29, 1.82) is 0 Å². The number of hydrogen-bond donors (Lipinski definition) is 1. The first-order valence-corrected chi connectivity index (χ1v) is 6.61. The van der Waals surface area contributed by atoms with Crippen LogP contribution in [-0.2, 0) is 0 Å². The van der Waals surface area contributed by atoms with E-state index in [2.05, 4.69) is 24.1 Å². The highest BCUT2D eigenvalue weighted by molar-refractivity contribution is 6.32. The molecule has 1 amide bonds. The van der Waals surface area contributed by atoms with Crippen LogP contribution in [0.15, 0.2) is 12.3 Å². The van der Waals surface area contributed by atoms with Gasteiger partial charge in [-0.25, -0.2) is 4.98 Å². The van der Waals surface area contributed by atoms with Gasteiger partial charge in [0.15, 0.2) is 0 Å². The van der Waals surface area contributed by atoms with Gasteiger partial charge in [0.1, 0.15) is 5.56 Å². The lowest BCUT2D eigenvalue weighted by Gasteiger charge is -2.29. The fraction of sp³-hybridized carbons (Fsp3) is 0.538. The van der Waals surface area contributed by atoms with Gasteiger partial charge in [0.2, 0.25) is 5.15 Å². The number of pyridine rings is 1. The number of amides is 1. The lowest BCUT2D eigenvalue weighted by atomic mass is 9.81. The SMILES string of the molecule is CC(C)C(C)(C)CNC(=O)c1ccnc(Cl)c1[N+](=O)[O-]. The topological polar surface area (TPSA) is 85.1 Å². The molecule has 0 aliphatic rings. The van der Waals surface area contributed by atoms with E-state index in [1.54, 1.807) is 0 Å². The molecule has 1 aromatic rings. The molecule has 0 saturated carbocycles. The van der Waals surface area contributed by atoms with Crippen LogP contribution in [0.2, 0.25) is 5.15 Å². The molecule has 0 aliphatic carbocycles. The molecule has 0 saturated heterocycles. The number of nitrogens with one attached hydrogen (secondary N) is 1. The fourth-order valence-corrected chi connectivity index (χ4v) is 1.62. The minimum atomic E-state index is -0.697. The zero-order valence-electron chi connectivity index (χ0n) is 11.9. The normalized spacial score (nSPS) is 11.5. The number of carbonyl (C=O) groups excluding carboxylic acids is 1. The third kappa shape index (κ3) is 3.66. The van der Waals surface area contributed by atoms with Crippen LogP contribution < -0.4 is 5.32 Å². The number of nitro groups is 1. The minimum Gasteiger partial charge on any atom is -0.351 e. The smallest absolute Gasteiger partial charge is 0.319 e. The number of hydrogen-bond acceptors (Lipinski definition) is 4. The molecule has 110 valence electrons. The summed E-state index contributed by atoms with van der Waals surface area (Å²) >= 11 is 5.68. The molecular weight excluding hydrogens is 282 g/mol. The second-order valence-corrected chi connectivity index (χ2v) is 5.94. The van der Waals surface area contributed by atoms with E-state index in [0.29, 0.717) is 12.5 Å². The van der Waals surface area contributed by atoms with Gasteiger partial charge < -0.3 is 5.32 Å². The van der Waals surface area contributed by atoms with Crippen molar-refractivity contribution in [1.82, 2.24) is 10.3 Å². The molecule has 20 heavy (non-hydrogen) atoms. The van der Waals surface area contributed by atoms with Gasteiger partial charge in [-0.3, -0.25) is 14.9 Å². The molecule has 0 aliphatic heterocycles. The first-order valence-electron chi connectivity index (χ1n) is 6.24. The number of nitrogens with zero attached hydrogens (tertiary/aromatic N) is 2. The van der Waals surface area contributed by atoms with Crippen molar-refractivity contribution >= 4 is 23.2 Å². The maximum Gasteiger partial charge on any atom is 0.319 e. The molecular formula is C13H18ClN3O3. The molecule has 7 heteroatoms. The van der Waals surface area contributed by atoms with Crippen LogP contribution in [0.3, 0.4) is 0 Å². The van der Waals surface area contributed by atoms with Crippen LogP contribution in [-0.4, -0.2) is 22.4 Å². The van der Waals surface area contributed by atoms with E-state index in [0.717, 1.165) is 0 Å². The maximum absolute atomic E-state index is 12.1. The first kappa shape index (κ1) is 16.4. The van der Waals surface area contributed by atoms with Crippen molar-refractivity contribution in [2.24, 2.45) is 11.3 Å². The summed E-state index contributed by atoms with van der Waals surface area (Å²) in [4.78, 5) is 26.0. The van der Waals surface area contributed by atoms with E-state index in [-0.39, 0.29) is 16.1 Å². The summed E-state index contributed by atoms with van der Waals surface area (Å²) in [6, 6.07) is 1.29. The minimum absolute atomic E-state index is 0.0745. The zero-order valence-corrected chi connectivity index (χ0v) is 12.7. The van der Waals surface area contributed by atoms with Crippen molar-refractivity contribution in [2.45, 2.75) is 27.7 Å².